The van der Waals surface area contributed by atoms with E-state index in [1.54, 1.807) is 9.21 Å². The number of nitrogens with zero attached hydrogens (tertiary/aromatic N) is 2. The monoisotopic (exact) mass is 314 g/mol. The van der Waals surface area contributed by atoms with E-state index in [0.717, 1.165) is 57.9 Å². The Kier molecular flexibility index (Phi) is 4.03. The molecule has 1 amide bonds. The Bertz CT molecular complexity index is 509. The standard InChI is InChI=1S/C15H26N2O3S/c1-16-11-9-15(14(16)18)8-5-10-17(12-15)21(19,20)13-6-3-2-4-7-13/h13H,2-12H2,1H3. The van der Waals surface area contributed by atoms with Crippen LogP contribution in [0, 0.1) is 5.41 Å². The van der Waals surface area contributed by atoms with E-state index in [4.69, 9.17) is 0 Å². The summed E-state index contributed by atoms with van der Waals surface area (Å²) >= 11 is 0. The van der Waals surface area contributed by atoms with Gasteiger partial charge in [-0.3, -0.25) is 4.79 Å². The van der Waals surface area contributed by atoms with Crippen molar-refractivity contribution in [2.45, 2.75) is 56.6 Å². The third kappa shape index (κ3) is 2.61. The van der Waals surface area contributed by atoms with Crippen LogP contribution in [0.1, 0.15) is 51.4 Å². The fourth-order valence-corrected chi connectivity index (χ4v) is 6.42. The molecule has 0 bridgehead atoms. The second-order valence-electron chi connectivity index (χ2n) is 7.00. The smallest absolute Gasteiger partial charge is 0.229 e. The number of carbonyl (C=O) groups is 1. The Morgan fingerprint density at radius 2 is 1.76 bits per heavy atom. The van der Waals surface area contributed by atoms with Crippen LogP contribution in [0.2, 0.25) is 0 Å². The molecule has 1 unspecified atom stereocenters. The largest absolute Gasteiger partial charge is 0.345 e. The number of amides is 1. The number of hydrogen-bond acceptors (Lipinski definition) is 3. The lowest BCUT2D eigenvalue weighted by Gasteiger charge is -2.40. The zero-order valence-electron chi connectivity index (χ0n) is 12.9. The van der Waals surface area contributed by atoms with Crippen molar-refractivity contribution in [1.82, 2.24) is 9.21 Å². The summed E-state index contributed by atoms with van der Waals surface area (Å²) in [5.74, 6) is 0.144. The van der Waals surface area contributed by atoms with E-state index in [1.807, 2.05) is 7.05 Å². The number of rotatable bonds is 2. The van der Waals surface area contributed by atoms with Gasteiger partial charge in [0.15, 0.2) is 0 Å². The van der Waals surface area contributed by atoms with Gasteiger partial charge < -0.3 is 4.90 Å². The molecular weight excluding hydrogens is 288 g/mol. The molecule has 1 spiro atoms. The van der Waals surface area contributed by atoms with E-state index >= 15 is 0 Å². The molecule has 2 saturated heterocycles. The van der Waals surface area contributed by atoms with Crippen LogP contribution in [-0.4, -0.2) is 55.5 Å². The van der Waals surface area contributed by atoms with E-state index in [-0.39, 0.29) is 11.2 Å². The van der Waals surface area contributed by atoms with E-state index in [0.29, 0.717) is 13.1 Å². The third-order valence-electron chi connectivity index (χ3n) is 5.60. The summed E-state index contributed by atoms with van der Waals surface area (Å²) in [5, 5.41) is -0.212. The summed E-state index contributed by atoms with van der Waals surface area (Å²) < 4.78 is 27.4. The number of carbonyl (C=O) groups excluding carboxylic acids is 1. The second kappa shape index (κ2) is 5.54. The molecule has 2 aliphatic heterocycles. The molecule has 3 rings (SSSR count). The molecule has 0 aromatic heterocycles. The summed E-state index contributed by atoms with van der Waals surface area (Å²) in [6.45, 7) is 1.77. The summed E-state index contributed by atoms with van der Waals surface area (Å²) in [4.78, 5) is 14.2. The number of hydrogen-bond donors (Lipinski definition) is 0. The summed E-state index contributed by atoms with van der Waals surface area (Å²) in [7, 11) is -1.40. The first kappa shape index (κ1) is 15.3. The minimum Gasteiger partial charge on any atom is -0.345 e. The van der Waals surface area contributed by atoms with Crippen LogP contribution in [0.4, 0.5) is 0 Å². The molecule has 1 saturated carbocycles. The van der Waals surface area contributed by atoms with E-state index in [1.165, 1.54) is 0 Å². The van der Waals surface area contributed by atoms with Crippen molar-refractivity contribution in [1.29, 1.82) is 0 Å². The average Bonchev–Trinajstić information content (AvgIpc) is 2.77. The Morgan fingerprint density at radius 1 is 1.05 bits per heavy atom. The lowest BCUT2D eigenvalue weighted by atomic mass is 9.79. The van der Waals surface area contributed by atoms with Gasteiger partial charge in [0.25, 0.3) is 0 Å². The third-order valence-corrected chi connectivity index (χ3v) is 7.95. The highest BCUT2D eigenvalue weighted by Gasteiger charge is 2.50. The predicted molar refractivity (Wildman–Crippen MR) is 81.3 cm³/mol. The van der Waals surface area contributed by atoms with Crippen LogP contribution in [-0.2, 0) is 14.8 Å². The minimum absolute atomic E-state index is 0.144. The van der Waals surface area contributed by atoms with Crippen molar-refractivity contribution in [2.24, 2.45) is 5.41 Å². The van der Waals surface area contributed by atoms with Crippen molar-refractivity contribution in [3.8, 4) is 0 Å². The maximum absolute atomic E-state index is 12.9. The lowest BCUT2D eigenvalue weighted by Crippen LogP contribution is -2.51. The van der Waals surface area contributed by atoms with Crippen molar-refractivity contribution in [2.75, 3.05) is 26.7 Å². The molecular formula is C15H26N2O3S. The van der Waals surface area contributed by atoms with Crippen LogP contribution in [0.25, 0.3) is 0 Å². The lowest BCUT2D eigenvalue weighted by molar-refractivity contribution is -0.136. The van der Waals surface area contributed by atoms with Gasteiger partial charge in [-0.1, -0.05) is 19.3 Å². The molecule has 0 aromatic rings. The molecule has 0 radical (unpaired) electrons. The van der Waals surface area contributed by atoms with Crippen LogP contribution in [0.3, 0.4) is 0 Å². The Labute approximate surface area is 127 Å². The molecule has 3 aliphatic rings. The van der Waals surface area contributed by atoms with Gasteiger partial charge in [0.1, 0.15) is 0 Å². The molecule has 1 aliphatic carbocycles. The Balaban J connectivity index is 1.78. The van der Waals surface area contributed by atoms with E-state index in [2.05, 4.69) is 0 Å². The zero-order valence-corrected chi connectivity index (χ0v) is 13.7. The van der Waals surface area contributed by atoms with Crippen LogP contribution < -0.4 is 0 Å². The highest BCUT2D eigenvalue weighted by Crippen LogP contribution is 2.41. The molecule has 3 fully saturated rings. The maximum Gasteiger partial charge on any atom is 0.229 e. The highest BCUT2D eigenvalue weighted by atomic mass is 32.2. The van der Waals surface area contributed by atoms with Crippen LogP contribution in [0.5, 0.6) is 0 Å². The fraction of sp³-hybridized carbons (Fsp3) is 0.933. The van der Waals surface area contributed by atoms with Crippen molar-refractivity contribution >= 4 is 15.9 Å². The normalized spacial score (nSPS) is 33.0. The Hall–Kier alpha value is -0.620. The van der Waals surface area contributed by atoms with E-state index in [9.17, 15) is 13.2 Å². The van der Waals surface area contributed by atoms with Crippen molar-refractivity contribution in [3.63, 3.8) is 0 Å². The van der Waals surface area contributed by atoms with Gasteiger partial charge in [-0.2, -0.15) is 0 Å². The Morgan fingerprint density at radius 3 is 2.38 bits per heavy atom. The minimum atomic E-state index is -3.23. The zero-order chi connectivity index (χ0) is 15.1. The molecule has 6 heteroatoms. The van der Waals surface area contributed by atoms with Gasteiger partial charge in [0, 0.05) is 26.7 Å². The predicted octanol–water partition coefficient (Wildman–Crippen LogP) is 1.59. The van der Waals surface area contributed by atoms with Crippen molar-refractivity contribution in [3.05, 3.63) is 0 Å². The number of piperidine rings is 1. The van der Waals surface area contributed by atoms with Crippen LogP contribution in [0.15, 0.2) is 0 Å². The molecule has 120 valence electrons. The van der Waals surface area contributed by atoms with Gasteiger partial charge in [-0.05, 0) is 32.1 Å². The quantitative estimate of drug-likeness (QED) is 0.778. The fourth-order valence-electron chi connectivity index (χ4n) is 4.25. The topological polar surface area (TPSA) is 57.7 Å². The summed E-state index contributed by atoms with van der Waals surface area (Å²) in [6, 6.07) is 0. The van der Waals surface area contributed by atoms with E-state index < -0.39 is 15.4 Å². The summed E-state index contributed by atoms with van der Waals surface area (Å²) in [5.41, 5.74) is -0.436. The van der Waals surface area contributed by atoms with Gasteiger partial charge in [0.2, 0.25) is 15.9 Å². The highest BCUT2D eigenvalue weighted by molar-refractivity contribution is 7.89. The summed E-state index contributed by atoms with van der Waals surface area (Å²) in [6.07, 6.45) is 7.23. The first-order valence-electron chi connectivity index (χ1n) is 8.20. The van der Waals surface area contributed by atoms with Crippen LogP contribution >= 0.6 is 0 Å². The molecule has 0 aromatic carbocycles. The second-order valence-corrected chi connectivity index (χ2v) is 9.21. The van der Waals surface area contributed by atoms with Gasteiger partial charge in [0.05, 0.1) is 10.7 Å². The van der Waals surface area contributed by atoms with Gasteiger partial charge in [-0.25, -0.2) is 12.7 Å². The molecule has 5 nitrogen and oxygen atoms in total. The number of likely N-dealkylation sites (tertiary alicyclic amines) is 1. The van der Waals surface area contributed by atoms with Gasteiger partial charge >= 0.3 is 0 Å². The first-order chi connectivity index (χ1) is 9.96. The molecule has 0 N–H and O–H groups in total. The van der Waals surface area contributed by atoms with Crippen molar-refractivity contribution < 1.29 is 13.2 Å². The molecule has 1 atom stereocenters. The maximum atomic E-state index is 12.9. The molecule has 21 heavy (non-hydrogen) atoms. The SMILES string of the molecule is CN1CCC2(CCCN(S(=O)(=O)C3CCCCC3)C2)C1=O. The first-order valence-corrected chi connectivity index (χ1v) is 9.71. The molecule has 2 heterocycles. The van der Waals surface area contributed by atoms with Gasteiger partial charge in [-0.15, -0.1) is 0 Å². The number of sulfonamides is 1. The average molecular weight is 314 g/mol.